The first-order valence-corrected chi connectivity index (χ1v) is 5.39. The number of rotatable bonds is 2. The van der Waals surface area contributed by atoms with Crippen molar-refractivity contribution in [1.29, 1.82) is 0 Å². The van der Waals surface area contributed by atoms with Crippen LogP contribution in [0.15, 0.2) is 36.7 Å². The first-order chi connectivity index (χ1) is 8.79. The second-order valence-electron chi connectivity index (χ2n) is 3.52. The number of H-pyrrole nitrogens is 1. The molecule has 0 spiro atoms. The first-order valence-electron chi connectivity index (χ1n) is 5.39. The Balaban J connectivity index is 2.07. The molecule has 2 rings (SSSR count). The second-order valence-corrected chi connectivity index (χ2v) is 3.52. The van der Waals surface area contributed by atoms with Gasteiger partial charge in [-0.15, -0.1) is 0 Å². The van der Waals surface area contributed by atoms with E-state index in [1.807, 2.05) is 0 Å². The van der Waals surface area contributed by atoms with Gasteiger partial charge in [0.2, 0.25) is 0 Å². The lowest BCUT2D eigenvalue weighted by Gasteiger charge is -2.02. The smallest absolute Gasteiger partial charge is 0.255 e. The lowest BCUT2D eigenvalue weighted by Crippen LogP contribution is -2.11. The molecule has 1 amide bonds. The largest absolute Gasteiger partial charge is 0.320 e. The van der Waals surface area contributed by atoms with Gasteiger partial charge >= 0.3 is 0 Å². The molecule has 18 heavy (non-hydrogen) atoms. The lowest BCUT2D eigenvalue weighted by atomic mass is 10.1. The molecule has 5 heteroatoms. The Hall–Kier alpha value is -2.58. The Morgan fingerprint density at radius 3 is 2.78 bits per heavy atom. The Morgan fingerprint density at radius 2 is 2.17 bits per heavy atom. The third-order valence-corrected chi connectivity index (χ3v) is 2.24. The number of nitrogens with one attached hydrogen (secondary N) is 2. The molecule has 0 bridgehead atoms. The minimum absolute atomic E-state index is 0.185. The number of nitrogens with zero attached hydrogens (tertiary/aromatic N) is 1. The van der Waals surface area contributed by atoms with E-state index in [1.54, 1.807) is 36.7 Å². The summed E-state index contributed by atoms with van der Waals surface area (Å²) < 4.78 is 0. The third kappa shape index (κ3) is 2.97. The average molecular weight is 240 g/mol. The van der Waals surface area contributed by atoms with Gasteiger partial charge in [0.05, 0.1) is 18.4 Å². The Kier molecular flexibility index (Phi) is 3.74. The van der Waals surface area contributed by atoms with E-state index in [4.69, 9.17) is 5.73 Å². The zero-order valence-electron chi connectivity index (χ0n) is 9.60. The second kappa shape index (κ2) is 5.66. The number of anilines is 1. The molecule has 0 aliphatic rings. The maximum Gasteiger partial charge on any atom is 0.255 e. The maximum atomic E-state index is 11.8. The minimum atomic E-state index is -0.185. The summed E-state index contributed by atoms with van der Waals surface area (Å²) in [5.74, 6) is 5.46. The van der Waals surface area contributed by atoms with Gasteiger partial charge in [0.1, 0.15) is 0 Å². The SMILES string of the molecule is NCC#Cc1ccc(C(=O)Nc2cn[nH]c2)cc1. The van der Waals surface area contributed by atoms with Crippen LogP contribution < -0.4 is 11.1 Å². The quantitative estimate of drug-likeness (QED) is 0.684. The van der Waals surface area contributed by atoms with Crippen molar-refractivity contribution in [2.45, 2.75) is 0 Å². The molecule has 0 atom stereocenters. The average Bonchev–Trinajstić information content (AvgIpc) is 2.89. The number of carbonyl (C=O) groups is 1. The summed E-state index contributed by atoms with van der Waals surface area (Å²) in [5, 5.41) is 9.08. The number of hydrogen-bond donors (Lipinski definition) is 3. The van der Waals surface area contributed by atoms with Crippen LogP contribution >= 0.6 is 0 Å². The fourth-order valence-corrected chi connectivity index (χ4v) is 1.38. The first kappa shape index (κ1) is 11.9. The third-order valence-electron chi connectivity index (χ3n) is 2.24. The van der Waals surface area contributed by atoms with Crippen molar-refractivity contribution in [1.82, 2.24) is 10.2 Å². The number of carbonyl (C=O) groups excluding carboxylic acids is 1. The number of aromatic nitrogens is 2. The summed E-state index contributed by atoms with van der Waals surface area (Å²) in [4.78, 5) is 11.8. The summed E-state index contributed by atoms with van der Waals surface area (Å²) >= 11 is 0. The summed E-state index contributed by atoms with van der Waals surface area (Å²) in [5.41, 5.74) is 7.31. The van der Waals surface area contributed by atoms with Crippen LogP contribution in [-0.4, -0.2) is 22.6 Å². The molecule has 5 nitrogen and oxygen atoms in total. The van der Waals surface area contributed by atoms with Gasteiger partial charge < -0.3 is 11.1 Å². The predicted octanol–water partition coefficient (Wildman–Crippen LogP) is 0.972. The molecule has 4 N–H and O–H groups in total. The van der Waals surface area contributed by atoms with Crippen molar-refractivity contribution in [3.63, 3.8) is 0 Å². The number of aromatic amines is 1. The number of nitrogens with two attached hydrogens (primary N) is 1. The highest BCUT2D eigenvalue weighted by atomic mass is 16.1. The van der Waals surface area contributed by atoms with Crippen molar-refractivity contribution in [2.75, 3.05) is 11.9 Å². The lowest BCUT2D eigenvalue weighted by molar-refractivity contribution is 0.102. The van der Waals surface area contributed by atoms with Crippen molar-refractivity contribution >= 4 is 11.6 Å². The zero-order chi connectivity index (χ0) is 12.8. The van der Waals surface area contributed by atoms with Crippen molar-refractivity contribution < 1.29 is 4.79 Å². The maximum absolute atomic E-state index is 11.8. The molecular weight excluding hydrogens is 228 g/mol. The van der Waals surface area contributed by atoms with E-state index in [9.17, 15) is 4.79 Å². The standard InChI is InChI=1S/C13H12N4O/c14-7-1-2-10-3-5-11(6-4-10)13(18)17-12-8-15-16-9-12/h3-6,8-9H,7,14H2,(H,15,16)(H,17,18). The number of benzene rings is 1. The van der Waals surface area contributed by atoms with Crippen molar-refractivity contribution in [2.24, 2.45) is 5.73 Å². The van der Waals surface area contributed by atoms with Crippen LogP contribution in [0.25, 0.3) is 0 Å². The molecular formula is C13H12N4O. The predicted molar refractivity (Wildman–Crippen MR) is 68.9 cm³/mol. The Bertz CT molecular complexity index is 576. The molecule has 0 aliphatic carbocycles. The fourth-order valence-electron chi connectivity index (χ4n) is 1.38. The van der Waals surface area contributed by atoms with Crippen molar-refractivity contribution in [3.05, 3.63) is 47.8 Å². The molecule has 0 saturated carbocycles. The highest BCUT2D eigenvalue weighted by Gasteiger charge is 2.05. The van der Waals surface area contributed by atoms with Gasteiger partial charge in [-0.25, -0.2) is 0 Å². The van der Waals surface area contributed by atoms with Gasteiger partial charge in [0.15, 0.2) is 0 Å². The van der Waals surface area contributed by atoms with Crippen LogP contribution in [0.2, 0.25) is 0 Å². The van der Waals surface area contributed by atoms with E-state index in [-0.39, 0.29) is 5.91 Å². The summed E-state index contributed by atoms with van der Waals surface area (Å²) in [6, 6.07) is 7.01. The summed E-state index contributed by atoms with van der Waals surface area (Å²) in [7, 11) is 0. The molecule has 1 heterocycles. The van der Waals surface area contributed by atoms with E-state index in [0.717, 1.165) is 5.56 Å². The van der Waals surface area contributed by atoms with Crippen LogP contribution in [0, 0.1) is 11.8 Å². The normalized spacial score (nSPS) is 9.39. The van der Waals surface area contributed by atoms with E-state index < -0.39 is 0 Å². The van der Waals surface area contributed by atoms with E-state index in [0.29, 0.717) is 17.8 Å². The monoisotopic (exact) mass is 240 g/mol. The summed E-state index contributed by atoms with van der Waals surface area (Å²) in [6.07, 6.45) is 3.15. The van der Waals surface area contributed by atoms with Gasteiger partial charge in [-0.1, -0.05) is 11.8 Å². The molecule has 0 aliphatic heterocycles. The van der Waals surface area contributed by atoms with Gasteiger partial charge in [0.25, 0.3) is 5.91 Å². The zero-order valence-corrected chi connectivity index (χ0v) is 9.60. The van der Waals surface area contributed by atoms with E-state index in [1.165, 1.54) is 0 Å². The van der Waals surface area contributed by atoms with Gasteiger partial charge in [-0.3, -0.25) is 9.89 Å². The number of hydrogen-bond acceptors (Lipinski definition) is 3. The molecule has 1 aromatic carbocycles. The molecule has 0 radical (unpaired) electrons. The number of amides is 1. The van der Waals surface area contributed by atoms with Crippen LogP contribution in [0.5, 0.6) is 0 Å². The minimum Gasteiger partial charge on any atom is -0.320 e. The van der Waals surface area contributed by atoms with Crippen LogP contribution in [-0.2, 0) is 0 Å². The van der Waals surface area contributed by atoms with Crippen LogP contribution in [0.4, 0.5) is 5.69 Å². The Labute approximate surface area is 104 Å². The Morgan fingerprint density at radius 1 is 1.39 bits per heavy atom. The van der Waals surface area contributed by atoms with Gasteiger partial charge in [0, 0.05) is 17.3 Å². The fraction of sp³-hybridized carbons (Fsp3) is 0.0769. The van der Waals surface area contributed by atoms with Crippen LogP contribution in [0.1, 0.15) is 15.9 Å². The van der Waals surface area contributed by atoms with E-state index >= 15 is 0 Å². The van der Waals surface area contributed by atoms with Crippen LogP contribution in [0.3, 0.4) is 0 Å². The molecule has 90 valence electrons. The highest BCUT2D eigenvalue weighted by molar-refractivity contribution is 6.04. The molecule has 0 saturated heterocycles. The molecule has 2 aromatic rings. The highest BCUT2D eigenvalue weighted by Crippen LogP contribution is 2.07. The van der Waals surface area contributed by atoms with E-state index in [2.05, 4.69) is 27.4 Å². The molecule has 0 fully saturated rings. The van der Waals surface area contributed by atoms with Gasteiger partial charge in [-0.05, 0) is 24.3 Å². The molecule has 1 aromatic heterocycles. The molecule has 0 unspecified atom stereocenters. The summed E-state index contributed by atoms with van der Waals surface area (Å²) in [6.45, 7) is 0.322. The van der Waals surface area contributed by atoms with Crippen molar-refractivity contribution in [3.8, 4) is 11.8 Å². The topological polar surface area (TPSA) is 83.8 Å². The van der Waals surface area contributed by atoms with Gasteiger partial charge in [-0.2, -0.15) is 5.10 Å².